The average Bonchev–Trinajstić information content (AvgIpc) is 3.53. The van der Waals surface area contributed by atoms with E-state index in [9.17, 15) is 0 Å². The van der Waals surface area contributed by atoms with Gasteiger partial charge in [-0.2, -0.15) is 0 Å². The van der Waals surface area contributed by atoms with Gasteiger partial charge in [-0.3, -0.25) is 9.97 Å². The first-order chi connectivity index (χ1) is 17.8. The molecule has 0 aliphatic carbocycles. The summed E-state index contributed by atoms with van der Waals surface area (Å²) in [6.45, 7) is 1.78. The number of hydrogen-bond acceptors (Lipinski definition) is 6. The van der Waals surface area contributed by atoms with Gasteiger partial charge in [0.1, 0.15) is 47.3 Å². The molecule has 6 aromatic rings. The van der Waals surface area contributed by atoms with Crippen LogP contribution >= 0.6 is 0 Å². The molecular formula is C30H24N2O4. The van der Waals surface area contributed by atoms with Crippen LogP contribution in [-0.4, -0.2) is 9.97 Å². The van der Waals surface area contributed by atoms with Crippen molar-refractivity contribution in [2.24, 2.45) is 0 Å². The van der Waals surface area contributed by atoms with E-state index in [1.54, 1.807) is 12.4 Å². The Bertz CT molecular complexity index is 1470. The Labute approximate surface area is 208 Å². The lowest BCUT2D eigenvalue weighted by Gasteiger charge is -2.02. The minimum absolute atomic E-state index is 0.370. The molecule has 36 heavy (non-hydrogen) atoms. The fraction of sp³-hybridized carbons (Fsp3) is 0.133. The zero-order valence-electron chi connectivity index (χ0n) is 19.6. The second-order valence-electron chi connectivity index (χ2n) is 8.52. The maximum absolute atomic E-state index is 6.04. The summed E-state index contributed by atoms with van der Waals surface area (Å²) in [5.41, 5.74) is 5.21. The maximum Gasteiger partial charge on any atom is 0.138 e. The third-order valence-electron chi connectivity index (χ3n) is 5.93. The molecule has 2 aromatic carbocycles. The predicted molar refractivity (Wildman–Crippen MR) is 137 cm³/mol. The minimum atomic E-state index is 0.370. The molecule has 6 heteroatoms. The maximum atomic E-state index is 6.04. The molecular weight excluding hydrogens is 452 g/mol. The van der Waals surface area contributed by atoms with Gasteiger partial charge in [0.05, 0.1) is 13.2 Å². The molecule has 0 saturated carbocycles. The highest BCUT2D eigenvalue weighted by atomic mass is 16.5. The summed E-state index contributed by atoms with van der Waals surface area (Å²) in [7, 11) is 0. The number of ether oxygens (including phenoxy) is 2. The van der Waals surface area contributed by atoms with Crippen molar-refractivity contribution in [1.29, 1.82) is 0 Å². The predicted octanol–water partition coefficient (Wildman–Crippen LogP) is 7.07. The second kappa shape index (κ2) is 10.2. The molecule has 0 N–H and O–H groups in total. The highest BCUT2D eigenvalue weighted by Gasteiger charge is 2.17. The van der Waals surface area contributed by atoms with Crippen molar-refractivity contribution in [2.75, 3.05) is 0 Å². The molecule has 6 rings (SSSR count). The molecule has 0 radical (unpaired) electrons. The largest absolute Gasteiger partial charge is 0.458 e. The zero-order valence-corrected chi connectivity index (χ0v) is 19.6. The average molecular weight is 477 g/mol. The lowest BCUT2D eigenvalue weighted by atomic mass is 10.1. The Hall–Kier alpha value is -4.26. The number of fused-ring (bicyclic) bond motifs is 2. The molecule has 0 spiro atoms. The fourth-order valence-corrected chi connectivity index (χ4v) is 4.24. The highest BCUT2D eigenvalue weighted by Crippen LogP contribution is 2.34. The van der Waals surface area contributed by atoms with Crippen LogP contribution in [-0.2, 0) is 35.9 Å². The van der Waals surface area contributed by atoms with E-state index in [0.29, 0.717) is 26.4 Å². The van der Waals surface area contributed by atoms with Gasteiger partial charge in [-0.05, 0) is 35.4 Å². The van der Waals surface area contributed by atoms with E-state index in [0.717, 1.165) is 56.0 Å². The van der Waals surface area contributed by atoms with Crippen molar-refractivity contribution >= 4 is 21.9 Å². The van der Waals surface area contributed by atoms with Gasteiger partial charge in [0.2, 0.25) is 0 Å². The first-order valence-electron chi connectivity index (χ1n) is 11.8. The molecule has 0 fully saturated rings. The molecule has 4 aromatic heterocycles. The Kier molecular flexibility index (Phi) is 6.27. The van der Waals surface area contributed by atoms with E-state index >= 15 is 0 Å². The summed E-state index contributed by atoms with van der Waals surface area (Å²) in [6.07, 6.45) is 3.47. The Morgan fingerprint density at radius 1 is 0.528 bits per heavy atom. The van der Waals surface area contributed by atoms with Crippen LogP contribution in [0.1, 0.15) is 22.6 Å². The highest BCUT2D eigenvalue weighted by molar-refractivity contribution is 5.99. The molecule has 6 nitrogen and oxygen atoms in total. The minimum Gasteiger partial charge on any atom is -0.458 e. The molecule has 0 amide bonds. The number of rotatable bonds is 9. The quantitative estimate of drug-likeness (QED) is 0.222. The summed E-state index contributed by atoms with van der Waals surface area (Å²) in [5, 5.41) is 1.78. The number of hydrogen-bond donors (Lipinski definition) is 0. The number of aromatic nitrogens is 2. The second-order valence-corrected chi connectivity index (χ2v) is 8.52. The van der Waals surface area contributed by atoms with Crippen LogP contribution < -0.4 is 0 Å². The molecule has 0 bridgehead atoms. The van der Waals surface area contributed by atoms with Crippen LogP contribution in [0.25, 0.3) is 33.3 Å². The Morgan fingerprint density at radius 2 is 0.972 bits per heavy atom. The van der Waals surface area contributed by atoms with Crippen molar-refractivity contribution in [2.45, 2.75) is 26.4 Å². The Morgan fingerprint density at radius 3 is 1.42 bits per heavy atom. The topological polar surface area (TPSA) is 70.5 Å². The normalized spacial score (nSPS) is 11.4. The molecule has 0 saturated heterocycles. The standard InChI is InChI=1S/C30H24N2O4/c1-3-7-21(8-4-1)17-33-19-23-15-25-27(35-23)11-13-31-29(25)30-26-16-24(36-28(26)12-14-32-30)20-34-18-22-9-5-2-6-10-22/h1-16H,17-20H2. The number of furan rings is 2. The first kappa shape index (κ1) is 22.2. The van der Waals surface area contributed by atoms with Crippen molar-refractivity contribution in [3.05, 3.63) is 120 Å². The van der Waals surface area contributed by atoms with E-state index in [1.165, 1.54) is 0 Å². The fourth-order valence-electron chi connectivity index (χ4n) is 4.24. The van der Waals surface area contributed by atoms with Crippen LogP contribution in [0.2, 0.25) is 0 Å². The van der Waals surface area contributed by atoms with Gasteiger partial charge in [0.15, 0.2) is 0 Å². The molecule has 4 heterocycles. The van der Waals surface area contributed by atoms with Gasteiger partial charge < -0.3 is 18.3 Å². The van der Waals surface area contributed by atoms with E-state index in [-0.39, 0.29) is 0 Å². The van der Waals surface area contributed by atoms with Crippen LogP contribution in [0, 0.1) is 0 Å². The van der Waals surface area contributed by atoms with Crippen molar-refractivity contribution < 1.29 is 18.3 Å². The third kappa shape index (κ3) is 4.77. The lowest BCUT2D eigenvalue weighted by molar-refractivity contribution is 0.0941. The van der Waals surface area contributed by atoms with E-state index in [1.807, 2.05) is 84.9 Å². The molecule has 0 aliphatic heterocycles. The van der Waals surface area contributed by atoms with E-state index < -0.39 is 0 Å². The van der Waals surface area contributed by atoms with E-state index in [4.69, 9.17) is 18.3 Å². The smallest absolute Gasteiger partial charge is 0.138 e. The van der Waals surface area contributed by atoms with E-state index in [2.05, 4.69) is 9.97 Å². The van der Waals surface area contributed by atoms with Gasteiger partial charge >= 0.3 is 0 Å². The monoisotopic (exact) mass is 476 g/mol. The summed E-state index contributed by atoms with van der Waals surface area (Å²) in [6, 6.07) is 27.8. The SMILES string of the molecule is c1ccc(COCc2cc3c(-c4nccc5oc(COCc6ccccc6)cc45)nccc3o2)cc1. The van der Waals surface area contributed by atoms with Gasteiger partial charge in [0, 0.05) is 23.2 Å². The summed E-state index contributed by atoms with van der Waals surface area (Å²) in [5.74, 6) is 1.48. The summed E-state index contributed by atoms with van der Waals surface area (Å²) < 4.78 is 23.8. The third-order valence-corrected chi connectivity index (χ3v) is 5.93. The number of nitrogens with zero attached hydrogens (tertiary/aromatic N) is 2. The van der Waals surface area contributed by atoms with Crippen LogP contribution in [0.4, 0.5) is 0 Å². The molecule has 178 valence electrons. The lowest BCUT2D eigenvalue weighted by Crippen LogP contribution is -1.92. The van der Waals surface area contributed by atoms with Gasteiger partial charge in [-0.1, -0.05) is 60.7 Å². The van der Waals surface area contributed by atoms with Crippen molar-refractivity contribution in [3.63, 3.8) is 0 Å². The number of pyridine rings is 2. The van der Waals surface area contributed by atoms with Gasteiger partial charge in [0.25, 0.3) is 0 Å². The first-order valence-corrected chi connectivity index (χ1v) is 11.8. The molecule has 0 atom stereocenters. The van der Waals surface area contributed by atoms with Crippen molar-refractivity contribution in [1.82, 2.24) is 9.97 Å². The van der Waals surface area contributed by atoms with Crippen LogP contribution in [0.5, 0.6) is 0 Å². The summed E-state index contributed by atoms with van der Waals surface area (Å²) in [4.78, 5) is 9.29. The van der Waals surface area contributed by atoms with Crippen LogP contribution in [0.15, 0.2) is 106 Å². The zero-order chi connectivity index (χ0) is 24.2. The Balaban J connectivity index is 1.22. The van der Waals surface area contributed by atoms with Gasteiger partial charge in [-0.25, -0.2) is 0 Å². The van der Waals surface area contributed by atoms with Gasteiger partial charge in [-0.15, -0.1) is 0 Å². The van der Waals surface area contributed by atoms with Crippen molar-refractivity contribution in [3.8, 4) is 11.4 Å². The molecule has 0 unspecified atom stereocenters. The summed E-state index contributed by atoms with van der Waals surface area (Å²) >= 11 is 0. The van der Waals surface area contributed by atoms with Crippen LogP contribution in [0.3, 0.4) is 0 Å². The number of benzene rings is 2. The molecule has 0 aliphatic rings.